The van der Waals surface area contributed by atoms with Gasteiger partial charge in [-0.25, -0.2) is 4.68 Å². The number of hydrogen-bond donors (Lipinski definition) is 1. The molecule has 16 heavy (non-hydrogen) atoms. The normalized spacial score (nSPS) is 11.0. The maximum Gasteiger partial charge on any atom is 0.122 e. The largest absolute Gasteiger partial charge is 0.384 e. The van der Waals surface area contributed by atoms with Gasteiger partial charge in [0.25, 0.3) is 0 Å². The maximum absolute atomic E-state index is 5.88. The molecule has 1 aromatic carbocycles. The molecule has 0 saturated carbocycles. The van der Waals surface area contributed by atoms with E-state index in [0.717, 1.165) is 16.3 Å². The molecule has 4 heteroatoms. The van der Waals surface area contributed by atoms with E-state index < -0.39 is 0 Å². The quantitative estimate of drug-likeness (QED) is 0.868. The van der Waals surface area contributed by atoms with Crippen LogP contribution in [0.3, 0.4) is 0 Å². The summed E-state index contributed by atoms with van der Waals surface area (Å²) < 4.78 is 1.81. The van der Waals surface area contributed by atoms with E-state index in [1.807, 2.05) is 35.0 Å². The minimum absolute atomic E-state index is 0.265. The highest BCUT2D eigenvalue weighted by molar-refractivity contribution is 6.30. The summed E-state index contributed by atoms with van der Waals surface area (Å²) >= 11 is 5.84. The molecule has 0 spiro atoms. The smallest absolute Gasteiger partial charge is 0.122 e. The van der Waals surface area contributed by atoms with Gasteiger partial charge in [-0.1, -0.05) is 23.7 Å². The number of nitrogen functional groups attached to an aromatic ring is 1. The van der Waals surface area contributed by atoms with Crippen LogP contribution in [0.1, 0.15) is 19.9 Å². The Morgan fingerprint density at radius 1 is 1.25 bits per heavy atom. The fourth-order valence-electron chi connectivity index (χ4n) is 1.58. The third kappa shape index (κ3) is 2.04. The summed E-state index contributed by atoms with van der Waals surface area (Å²) in [7, 11) is 0. The van der Waals surface area contributed by atoms with Crippen LogP contribution in [-0.2, 0) is 0 Å². The molecule has 2 rings (SSSR count). The van der Waals surface area contributed by atoms with E-state index >= 15 is 0 Å². The average molecular weight is 236 g/mol. The second kappa shape index (κ2) is 4.18. The summed E-state index contributed by atoms with van der Waals surface area (Å²) in [4.78, 5) is 0. The van der Waals surface area contributed by atoms with Crippen molar-refractivity contribution in [1.29, 1.82) is 0 Å². The summed E-state index contributed by atoms with van der Waals surface area (Å²) in [5.74, 6) is 0.681. The standard InChI is InChI=1S/C12H14ClN3/c1-8(2)16-12(14)7-11(15-16)9-3-5-10(13)6-4-9/h3-8H,14H2,1-2H3. The van der Waals surface area contributed by atoms with Crippen LogP contribution in [0.4, 0.5) is 5.82 Å². The Morgan fingerprint density at radius 3 is 2.38 bits per heavy atom. The van der Waals surface area contributed by atoms with Crippen molar-refractivity contribution in [2.75, 3.05) is 5.73 Å². The third-order valence-electron chi connectivity index (χ3n) is 2.39. The van der Waals surface area contributed by atoms with Gasteiger partial charge in [0.15, 0.2) is 0 Å². The van der Waals surface area contributed by atoms with Crippen molar-refractivity contribution in [3.63, 3.8) is 0 Å². The Hall–Kier alpha value is -1.48. The van der Waals surface area contributed by atoms with Crippen molar-refractivity contribution in [3.8, 4) is 11.3 Å². The number of anilines is 1. The lowest BCUT2D eigenvalue weighted by Crippen LogP contribution is -2.06. The van der Waals surface area contributed by atoms with Gasteiger partial charge in [-0.2, -0.15) is 5.10 Å². The molecule has 3 nitrogen and oxygen atoms in total. The fraction of sp³-hybridized carbons (Fsp3) is 0.250. The molecule has 1 heterocycles. The van der Waals surface area contributed by atoms with Crippen LogP contribution in [0.15, 0.2) is 30.3 Å². The number of hydrogen-bond acceptors (Lipinski definition) is 2. The predicted octanol–water partition coefficient (Wildman–Crippen LogP) is 3.37. The fourth-order valence-corrected chi connectivity index (χ4v) is 1.71. The van der Waals surface area contributed by atoms with Crippen molar-refractivity contribution in [3.05, 3.63) is 35.4 Å². The minimum atomic E-state index is 0.265. The number of halogens is 1. The summed E-state index contributed by atoms with van der Waals surface area (Å²) in [6, 6.07) is 9.72. The van der Waals surface area contributed by atoms with E-state index in [1.165, 1.54) is 0 Å². The molecular formula is C12H14ClN3. The lowest BCUT2D eigenvalue weighted by molar-refractivity contribution is 0.542. The van der Waals surface area contributed by atoms with Crippen LogP contribution in [0.2, 0.25) is 5.02 Å². The van der Waals surface area contributed by atoms with Gasteiger partial charge in [0.05, 0.1) is 5.69 Å². The molecule has 0 radical (unpaired) electrons. The molecular weight excluding hydrogens is 222 g/mol. The van der Waals surface area contributed by atoms with Gasteiger partial charge < -0.3 is 5.73 Å². The van der Waals surface area contributed by atoms with Gasteiger partial charge in [-0.15, -0.1) is 0 Å². The topological polar surface area (TPSA) is 43.8 Å². The van der Waals surface area contributed by atoms with E-state index in [-0.39, 0.29) is 6.04 Å². The van der Waals surface area contributed by atoms with Gasteiger partial charge in [-0.3, -0.25) is 0 Å². The molecule has 0 atom stereocenters. The third-order valence-corrected chi connectivity index (χ3v) is 2.65. The number of nitrogens with two attached hydrogens (primary N) is 1. The molecule has 2 aromatic rings. The Kier molecular flexibility index (Phi) is 2.88. The van der Waals surface area contributed by atoms with Gasteiger partial charge >= 0.3 is 0 Å². The first-order chi connectivity index (χ1) is 7.58. The monoisotopic (exact) mass is 235 g/mol. The van der Waals surface area contributed by atoms with E-state index in [2.05, 4.69) is 18.9 Å². The van der Waals surface area contributed by atoms with Crippen molar-refractivity contribution < 1.29 is 0 Å². The highest BCUT2D eigenvalue weighted by atomic mass is 35.5. The molecule has 2 N–H and O–H groups in total. The van der Waals surface area contributed by atoms with Crippen molar-refractivity contribution in [1.82, 2.24) is 9.78 Å². The minimum Gasteiger partial charge on any atom is -0.384 e. The highest BCUT2D eigenvalue weighted by Gasteiger charge is 2.08. The summed E-state index contributed by atoms with van der Waals surface area (Å²) in [5.41, 5.74) is 7.79. The van der Waals surface area contributed by atoms with Gasteiger partial charge in [-0.05, 0) is 26.0 Å². The highest BCUT2D eigenvalue weighted by Crippen LogP contribution is 2.23. The van der Waals surface area contributed by atoms with Gasteiger partial charge in [0, 0.05) is 22.7 Å². The van der Waals surface area contributed by atoms with E-state index in [1.54, 1.807) is 0 Å². The van der Waals surface area contributed by atoms with Gasteiger partial charge in [0.2, 0.25) is 0 Å². The number of aromatic nitrogens is 2. The zero-order valence-electron chi connectivity index (χ0n) is 9.31. The second-order valence-electron chi connectivity index (χ2n) is 4.00. The first-order valence-electron chi connectivity index (χ1n) is 5.19. The zero-order chi connectivity index (χ0) is 11.7. The molecule has 84 valence electrons. The van der Waals surface area contributed by atoms with E-state index in [0.29, 0.717) is 5.82 Å². The van der Waals surface area contributed by atoms with E-state index in [9.17, 15) is 0 Å². The predicted molar refractivity (Wildman–Crippen MR) is 67.5 cm³/mol. The lowest BCUT2D eigenvalue weighted by Gasteiger charge is -2.06. The van der Waals surface area contributed by atoms with E-state index in [4.69, 9.17) is 17.3 Å². The summed E-state index contributed by atoms with van der Waals surface area (Å²) in [5, 5.41) is 5.18. The first kappa shape index (κ1) is 11.0. The molecule has 0 aliphatic carbocycles. The second-order valence-corrected chi connectivity index (χ2v) is 4.44. The molecule has 0 saturated heterocycles. The van der Waals surface area contributed by atoms with Gasteiger partial charge in [0.1, 0.15) is 5.82 Å². The van der Waals surface area contributed by atoms with Crippen LogP contribution in [-0.4, -0.2) is 9.78 Å². The Morgan fingerprint density at radius 2 is 1.88 bits per heavy atom. The SMILES string of the molecule is CC(C)n1nc(-c2ccc(Cl)cc2)cc1N. The summed E-state index contributed by atoms with van der Waals surface area (Å²) in [6.45, 7) is 4.10. The molecule has 0 aliphatic heterocycles. The van der Waals surface area contributed by atoms with Crippen LogP contribution in [0, 0.1) is 0 Å². The van der Waals surface area contributed by atoms with Crippen molar-refractivity contribution >= 4 is 17.4 Å². The lowest BCUT2D eigenvalue weighted by atomic mass is 10.1. The molecule has 0 bridgehead atoms. The first-order valence-corrected chi connectivity index (χ1v) is 5.56. The Bertz CT molecular complexity index is 485. The molecule has 0 aliphatic rings. The van der Waals surface area contributed by atoms with Crippen LogP contribution in [0.5, 0.6) is 0 Å². The Balaban J connectivity index is 2.41. The van der Waals surface area contributed by atoms with Crippen LogP contribution >= 0.6 is 11.6 Å². The molecule has 1 aromatic heterocycles. The van der Waals surface area contributed by atoms with Crippen LogP contribution < -0.4 is 5.73 Å². The van der Waals surface area contributed by atoms with Crippen molar-refractivity contribution in [2.24, 2.45) is 0 Å². The summed E-state index contributed by atoms with van der Waals surface area (Å²) in [6.07, 6.45) is 0. The maximum atomic E-state index is 5.88. The molecule has 0 unspecified atom stereocenters. The molecule has 0 amide bonds. The van der Waals surface area contributed by atoms with Crippen molar-refractivity contribution in [2.45, 2.75) is 19.9 Å². The number of rotatable bonds is 2. The Labute approximate surface area is 99.8 Å². The number of nitrogens with zero attached hydrogens (tertiary/aromatic N) is 2. The average Bonchev–Trinajstić information content (AvgIpc) is 2.61. The van der Waals surface area contributed by atoms with Crippen LogP contribution in [0.25, 0.3) is 11.3 Å². The molecule has 0 fully saturated rings. The number of benzene rings is 1. The zero-order valence-corrected chi connectivity index (χ0v) is 10.1.